The van der Waals surface area contributed by atoms with E-state index < -0.39 is 0 Å². The summed E-state index contributed by atoms with van der Waals surface area (Å²) in [5.74, 6) is -0.357. The molecule has 0 fully saturated rings. The lowest BCUT2D eigenvalue weighted by atomic mass is 10.2. The number of thiophene rings is 1. The number of esters is 1. The maximum atomic E-state index is 11.8. The van der Waals surface area contributed by atoms with Gasteiger partial charge in [0.15, 0.2) is 5.11 Å². The molecule has 0 spiro atoms. The Morgan fingerprint density at radius 3 is 3.00 bits per heavy atom. The number of rotatable bonds is 7. The average Bonchev–Trinajstić information content (AvgIpc) is 3.20. The zero-order chi connectivity index (χ0) is 16.7. The second kappa shape index (κ2) is 8.64. The highest BCUT2D eigenvalue weighted by molar-refractivity contribution is 7.80. The second-order valence-corrected chi connectivity index (χ2v) is 6.35. The summed E-state index contributed by atoms with van der Waals surface area (Å²) in [4.78, 5) is 12.9. The topological polar surface area (TPSA) is 68.2 Å². The van der Waals surface area contributed by atoms with Crippen LogP contribution in [0.25, 0.3) is 0 Å². The number of anilines is 1. The molecule has 23 heavy (non-hydrogen) atoms. The summed E-state index contributed by atoms with van der Waals surface area (Å²) in [6.45, 7) is 3.60. The zero-order valence-electron chi connectivity index (χ0n) is 13.2. The Hall–Kier alpha value is -1.93. The summed E-state index contributed by atoms with van der Waals surface area (Å²) in [5.41, 5.74) is 0.523. The SMILES string of the molecule is CCc1cc(C(=O)OC)c(NC(=S)NCCCn2cccn2)s1. The van der Waals surface area contributed by atoms with Crippen LogP contribution in [0.2, 0.25) is 0 Å². The first-order valence-electron chi connectivity index (χ1n) is 7.37. The highest BCUT2D eigenvalue weighted by Crippen LogP contribution is 2.29. The van der Waals surface area contributed by atoms with Crippen molar-refractivity contribution in [2.75, 3.05) is 19.0 Å². The lowest BCUT2D eigenvalue weighted by Crippen LogP contribution is -2.30. The minimum Gasteiger partial charge on any atom is -0.465 e. The van der Waals surface area contributed by atoms with Crippen molar-refractivity contribution in [2.45, 2.75) is 26.3 Å². The van der Waals surface area contributed by atoms with Crippen LogP contribution in [0.15, 0.2) is 24.5 Å². The first-order valence-corrected chi connectivity index (χ1v) is 8.59. The Balaban J connectivity index is 1.84. The number of nitrogens with one attached hydrogen (secondary N) is 2. The van der Waals surface area contributed by atoms with E-state index in [1.807, 2.05) is 29.9 Å². The van der Waals surface area contributed by atoms with Crippen molar-refractivity contribution in [3.63, 3.8) is 0 Å². The fourth-order valence-corrected chi connectivity index (χ4v) is 3.25. The number of methoxy groups -OCH3 is 1. The third kappa shape index (κ3) is 5.04. The van der Waals surface area contributed by atoms with Crippen LogP contribution in [-0.4, -0.2) is 34.5 Å². The fraction of sp³-hybridized carbons (Fsp3) is 0.400. The molecule has 0 radical (unpaired) electrons. The van der Waals surface area contributed by atoms with Crippen molar-refractivity contribution in [3.8, 4) is 0 Å². The number of thiocarbonyl (C=S) groups is 1. The number of nitrogens with zero attached hydrogens (tertiary/aromatic N) is 2. The zero-order valence-corrected chi connectivity index (χ0v) is 14.8. The van der Waals surface area contributed by atoms with Crippen molar-refractivity contribution in [2.24, 2.45) is 0 Å². The maximum Gasteiger partial charge on any atom is 0.340 e. The average molecular weight is 352 g/mol. The maximum absolute atomic E-state index is 11.8. The summed E-state index contributed by atoms with van der Waals surface area (Å²) in [7, 11) is 1.38. The number of aryl methyl sites for hydroxylation is 2. The van der Waals surface area contributed by atoms with Gasteiger partial charge >= 0.3 is 5.97 Å². The highest BCUT2D eigenvalue weighted by atomic mass is 32.1. The number of hydrogen-bond acceptors (Lipinski definition) is 5. The first-order chi connectivity index (χ1) is 11.1. The van der Waals surface area contributed by atoms with E-state index in [-0.39, 0.29) is 5.97 Å². The van der Waals surface area contributed by atoms with Gasteiger partial charge in [0.2, 0.25) is 0 Å². The van der Waals surface area contributed by atoms with E-state index in [0.29, 0.717) is 10.7 Å². The molecular formula is C15H20N4O2S2. The van der Waals surface area contributed by atoms with Crippen LogP contribution >= 0.6 is 23.6 Å². The molecule has 0 saturated heterocycles. The molecule has 2 aromatic rings. The van der Waals surface area contributed by atoms with Gasteiger partial charge in [0.25, 0.3) is 0 Å². The van der Waals surface area contributed by atoms with Gasteiger partial charge in [-0.15, -0.1) is 11.3 Å². The molecule has 2 aromatic heterocycles. The van der Waals surface area contributed by atoms with Gasteiger partial charge in [0, 0.05) is 30.4 Å². The highest BCUT2D eigenvalue weighted by Gasteiger charge is 2.16. The van der Waals surface area contributed by atoms with Crippen molar-refractivity contribution in [1.82, 2.24) is 15.1 Å². The van der Waals surface area contributed by atoms with Gasteiger partial charge in [-0.05, 0) is 37.2 Å². The number of carbonyl (C=O) groups excluding carboxylic acids is 1. The first kappa shape index (κ1) is 17.4. The molecule has 124 valence electrons. The minimum absolute atomic E-state index is 0.357. The Morgan fingerprint density at radius 1 is 1.52 bits per heavy atom. The van der Waals surface area contributed by atoms with E-state index in [9.17, 15) is 4.79 Å². The summed E-state index contributed by atoms with van der Waals surface area (Å²) in [6, 6.07) is 3.75. The molecule has 0 bridgehead atoms. The Bertz CT molecular complexity index is 652. The van der Waals surface area contributed by atoms with E-state index >= 15 is 0 Å². The van der Waals surface area contributed by atoms with E-state index in [1.165, 1.54) is 18.4 Å². The molecule has 8 heteroatoms. The Kier molecular flexibility index (Phi) is 6.54. The predicted octanol–water partition coefficient (Wildman–Crippen LogP) is 2.67. The third-order valence-electron chi connectivity index (χ3n) is 3.17. The lowest BCUT2D eigenvalue weighted by Gasteiger charge is -2.10. The molecule has 0 atom stereocenters. The standard InChI is InChI=1S/C15H20N4O2S2/c1-3-11-10-12(14(20)21-2)13(23-11)18-15(22)16-6-4-8-19-9-5-7-17-19/h5,7,9-10H,3-4,6,8H2,1-2H3,(H2,16,18,22). The van der Waals surface area contributed by atoms with Gasteiger partial charge < -0.3 is 15.4 Å². The molecule has 0 aromatic carbocycles. The fourth-order valence-electron chi connectivity index (χ4n) is 1.99. The third-order valence-corrected chi connectivity index (χ3v) is 4.61. The van der Waals surface area contributed by atoms with E-state index in [2.05, 4.69) is 15.7 Å². The van der Waals surface area contributed by atoms with Crippen LogP contribution in [-0.2, 0) is 17.7 Å². The smallest absolute Gasteiger partial charge is 0.340 e. The monoisotopic (exact) mass is 352 g/mol. The largest absolute Gasteiger partial charge is 0.465 e. The summed E-state index contributed by atoms with van der Waals surface area (Å²) in [5, 5.41) is 11.6. The molecule has 0 aliphatic carbocycles. The van der Waals surface area contributed by atoms with Crippen molar-refractivity contribution in [3.05, 3.63) is 35.0 Å². The van der Waals surface area contributed by atoms with Crippen LogP contribution in [0.1, 0.15) is 28.6 Å². The second-order valence-electron chi connectivity index (χ2n) is 4.80. The van der Waals surface area contributed by atoms with Crippen LogP contribution in [0.5, 0.6) is 0 Å². The molecular weight excluding hydrogens is 332 g/mol. The Morgan fingerprint density at radius 2 is 2.35 bits per heavy atom. The normalized spacial score (nSPS) is 10.3. The van der Waals surface area contributed by atoms with Gasteiger partial charge in [-0.1, -0.05) is 6.92 Å². The van der Waals surface area contributed by atoms with Crippen molar-refractivity contribution >= 4 is 39.6 Å². The predicted molar refractivity (Wildman–Crippen MR) is 96.1 cm³/mol. The van der Waals surface area contributed by atoms with Gasteiger partial charge in [-0.2, -0.15) is 5.10 Å². The van der Waals surface area contributed by atoms with Crippen LogP contribution in [0.3, 0.4) is 0 Å². The van der Waals surface area contributed by atoms with Gasteiger partial charge in [-0.25, -0.2) is 4.79 Å². The summed E-state index contributed by atoms with van der Waals surface area (Å²) < 4.78 is 6.69. The van der Waals surface area contributed by atoms with Gasteiger partial charge in [-0.3, -0.25) is 4.68 Å². The van der Waals surface area contributed by atoms with Crippen LogP contribution < -0.4 is 10.6 Å². The Labute approximate surface area is 144 Å². The molecule has 0 aliphatic rings. The molecule has 0 aliphatic heterocycles. The molecule has 0 unspecified atom stereocenters. The molecule has 2 heterocycles. The van der Waals surface area contributed by atoms with Crippen molar-refractivity contribution in [1.29, 1.82) is 0 Å². The summed E-state index contributed by atoms with van der Waals surface area (Å²) >= 11 is 6.80. The van der Waals surface area contributed by atoms with E-state index in [4.69, 9.17) is 17.0 Å². The van der Waals surface area contributed by atoms with Crippen LogP contribution in [0, 0.1) is 0 Å². The lowest BCUT2D eigenvalue weighted by molar-refractivity contribution is 0.0602. The van der Waals surface area contributed by atoms with Gasteiger partial charge in [0.1, 0.15) is 5.00 Å². The molecule has 2 rings (SSSR count). The minimum atomic E-state index is -0.357. The van der Waals surface area contributed by atoms with E-state index in [0.717, 1.165) is 35.8 Å². The number of carbonyl (C=O) groups is 1. The number of hydrogen-bond donors (Lipinski definition) is 2. The number of aromatic nitrogens is 2. The molecule has 0 saturated carbocycles. The molecule has 6 nitrogen and oxygen atoms in total. The van der Waals surface area contributed by atoms with E-state index in [1.54, 1.807) is 6.20 Å². The summed E-state index contributed by atoms with van der Waals surface area (Å²) in [6.07, 6.45) is 5.45. The number of ether oxygens (including phenoxy) is 1. The quantitative estimate of drug-likeness (QED) is 0.454. The molecule has 0 amide bonds. The van der Waals surface area contributed by atoms with Crippen molar-refractivity contribution < 1.29 is 9.53 Å². The van der Waals surface area contributed by atoms with Crippen LogP contribution in [0.4, 0.5) is 5.00 Å². The van der Waals surface area contributed by atoms with Gasteiger partial charge in [0.05, 0.1) is 12.7 Å². The molecule has 2 N–H and O–H groups in total.